The lowest BCUT2D eigenvalue weighted by molar-refractivity contribution is -0.136. The number of amides is 1. The third-order valence-electron chi connectivity index (χ3n) is 5.72. The van der Waals surface area contributed by atoms with Crippen molar-refractivity contribution in [2.75, 3.05) is 37.1 Å². The molecular weight excluding hydrogens is 412 g/mol. The highest BCUT2D eigenvalue weighted by Crippen LogP contribution is 2.26. The Labute approximate surface area is 185 Å². The Kier molecular flexibility index (Phi) is 6.94. The number of benzene rings is 2. The first kappa shape index (κ1) is 23.1. The van der Waals surface area contributed by atoms with E-state index in [1.165, 1.54) is 0 Å². The number of nitrogens with zero attached hydrogens (tertiary/aromatic N) is 2. The Morgan fingerprint density at radius 3 is 2.19 bits per heavy atom. The predicted molar refractivity (Wildman–Crippen MR) is 125 cm³/mol. The first-order chi connectivity index (χ1) is 14.6. The number of sulfone groups is 1. The first-order valence-corrected chi connectivity index (χ1v) is 12.3. The number of rotatable bonds is 7. The summed E-state index contributed by atoms with van der Waals surface area (Å²) in [5, 5.41) is 0. The molecule has 0 spiro atoms. The van der Waals surface area contributed by atoms with Crippen LogP contribution < -0.4 is 9.64 Å². The molecule has 0 bridgehead atoms. The maximum atomic E-state index is 13.2. The van der Waals surface area contributed by atoms with E-state index in [1.54, 1.807) is 4.90 Å². The van der Waals surface area contributed by atoms with Crippen molar-refractivity contribution in [3.8, 4) is 5.75 Å². The van der Waals surface area contributed by atoms with Gasteiger partial charge in [-0.2, -0.15) is 0 Å². The van der Waals surface area contributed by atoms with Crippen LogP contribution in [0.1, 0.15) is 28.7 Å². The van der Waals surface area contributed by atoms with Crippen LogP contribution in [-0.2, 0) is 21.2 Å². The van der Waals surface area contributed by atoms with Gasteiger partial charge in [-0.05, 0) is 56.0 Å². The highest BCUT2D eigenvalue weighted by molar-refractivity contribution is 7.91. The zero-order chi connectivity index (χ0) is 22.8. The van der Waals surface area contributed by atoms with Crippen molar-refractivity contribution >= 4 is 21.4 Å². The lowest BCUT2D eigenvalue weighted by atomic mass is 10.1. The third-order valence-corrected chi connectivity index (χ3v) is 7.47. The van der Waals surface area contributed by atoms with E-state index in [9.17, 15) is 13.2 Å². The van der Waals surface area contributed by atoms with Crippen molar-refractivity contribution < 1.29 is 17.9 Å². The molecule has 31 heavy (non-hydrogen) atoms. The minimum atomic E-state index is -3.11. The maximum Gasteiger partial charge on any atom is 0.261 e. The molecule has 0 N–H and O–H groups in total. The van der Waals surface area contributed by atoms with Crippen LogP contribution in [0.3, 0.4) is 0 Å². The predicted octanol–water partition coefficient (Wildman–Crippen LogP) is 3.27. The minimum absolute atomic E-state index is 0.0110. The molecule has 1 saturated heterocycles. The molecule has 0 unspecified atom stereocenters. The SMILES string of the molecule is Cc1cc(C)c(OCC(=O)N(Cc2ccc(N(C)C)cc2)[C@@H]2CCS(=O)(=O)C2)c(C)c1. The maximum absolute atomic E-state index is 13.2. The van der Waals surface area contributed by atoms with Crippen molar-refractivity contribution in [3.63, 3.8) is 0 Å². The van der Waals surface area contributed by atoms with E-state index in [-0.39, 0.29) is 30.1 Å². The van der Waals surface area contributed by atoms with Gasteiger partial charge in [-0.3, -0.25) is 4.79 Å². The molecule has 1 aliphatic rings. The van der Waals surface area contributed by atoms with Gasteiger partial charge < -0.3 is 14.5 Å². The van der Waals surface area contributed by atoms with Gasteiger partial charge in [0.1, 0.15) is 5.75 Å². The molecule has 1 heterocycles. The van der Waals surface area contributed by atoms with Gasteiger partial charge in [-0.25, -0.2) is 8.42 Å². The fraction of sp³-hybridized carbons (Fsp3) is 0.458. The number of anilines is 1. The number of hydrogen-bond acceptors (Lipinski definition) is 5. The number of aryl methyl sites for hydroxylation is 3. The van der Waals surface area contributed by atoms with Crippen molar-refractivity contribution in [1.82, 2.24) is 4.90 Å². The molecule has 168 valence electrons. The van der Waals surface area contributed by atoms with Crippen LogP contribution in [0.4, 0.5) is 5.69 Å². The fourth-order valence-electron chi connectivity index (χ4n) is 4.15. The molecule has 7 heteroatoms. The van der Waals surface area contributed by atoms with Gasteiger partial charge in [-0.15, -0.1) is 0 Å². The Hall–Kier alpha value is -2.54. The van der Waals surface area contributed by atoms with Crippen LogP contribution in [-0.4, -0.2) is 57.5 Å². The van der Waals surface area contributed by atoms with E-state index in [0.717, 1.165) is 27.9 Å². The molecule has 0 aromatic heterocycles. The van der Waals surface area contributed by atoms with Gasteiger partial charge in [0, 0.05) is 32.4 Å². The van der Waals surface area contributed by atoms with Crippen LogP contribution >= 0.6 is 0 Å². The molecule has 2 aromatic carbocycles. The summed E-state index contributed by atoms with van der Waals surface area (Å²) in [6, 6.07) is 11.7. The van der Waals surface area contributed by atoms with E-state index in [4.69, 9.17) is 4.74 Å². The number of hydrogen-bond donors (Lipinski definition) is 0. The van der Waals surface area contributed by atoms with Crippen LogP contribution in [0.15, 0.2) is 36.4 Å². The molecule has 0 saturated carbocycles. The standard InChI is InChI=1S/C24H32N2O4S/c1-17-12-18(2)24(19(3)13-17)30-15-23(27)26(22-10-11-31(28,29)16-22)14-20-6-8-21(9-7-20)25(4)5/h6-9,12-13,22H,10-11,14-16H2,1-5H3/t22-/m1/s1. The molecule has 2 aromatic rings. The molecule has 3 rings (SSSR count). The summed E-state index contributed by atoms with van der Waals surface area (Å²) < 4.78 is 30.0. The fourth-order valence-corrected chi connectivity index (χ4v) is 5.88. The number of carbonyl (C=O) groups is 1. The molecule has 1 fully saturated rings. The normalized spacial score (nSPS) is 17.4. The van der Waals surface area contributed by atoms with Crippen LogP contribution in [0.25, 0.3) is 0 Å². The Balaban J connectivity index is 1.78. The zero-order valence-electron chi connectivity index (χ0n) is 19.0. The largest absolute Gasteiger partial charge is 0.483 e. The second-order valence-corrected chi connectivity index (χ2v) is 10.9. The van der Waals surface area contributed by atoms with Gasteiger partial charge in [0.25, 0.3) is 5.91 Å². The highest BCUT2D eigenvalue weighted by atomic mass is 32.2. The van der Waals surface area contributed by atoms with Crippen molar-refractivity contribution in [2.24, 2.45) is 0 Å². The van der Waals surface area contributed by atoms with Gasteiger partial charge >= 0.3 is 0 Å². The summed E-state index contributed by atoms with van der Waals surface area (Å²) in [7, 11) is 0.835. The molecule has 0 aliphatic carbocycles. The average molecular weight is 445 g/mol. The number of carbonyl (C=O) groups excluding carboxylic acids is 1. The molecule has 1 aliphatic heterocycles. The van der Waals surface area contributed by atoms with Gasteiger partial charge in [0.15, 0.2) is 16.4 Å². The topological polar surface area (TPSA) is 66.9 Å². The van der Waals surface area contributed by atoms with E-state index in [2.05, 4.69) is 0 Å². The summed E-state index contributed by atoms with van der Waals surface area (Å²) in [4.78, 5) is 16.9. The molecule has 1 atom stereocenters. The highest BCUT2D eigenvalue weighted by Gasteiger charge is 2.35. The van der Waals surface area contributed by atoms with Gasteiger partial charge in [-0.1, -0.05) is 29.8 Å². The van der Waals surface area contributed by atoms with Crippen LogP contribution in [0.2, 0.25) is 0 Å². The molecule has 6 nitrogen and oxygen atoms in total. The van der Waals surface area contributed by atoms with Crippen molar-refractivity contribution in [3.05, 3.63) is 58.7 Å². The number of ether oxygens (including phenoxy) is 1. The van der Waals surface area contributed by atoms with Crippen molar-refractivity contribution in [1.29, 1.82) is 0 Å². The minimum Gasteiger partial charge on any atom is -0.483 e. The Morgan fingerprint density at radius 1 is 1.06 bits per heavy atom. The summed E-state index contributed by atoms with van der Waals surface area (Å²) in [5.74, 6) is 0.654. The lowest BCUT2D eigenvalue weighted by Gasteiger charge is -2.29. The zero-order valence-corrected chi connectivity index (χ0v) is 19.8. The second kappa shape index (κ2) is 9.30. The van der Waals surface area contributed by atoms with E-state index in [1.807, 2.05) is 76.2 Å². The molecule has 0 radical (unpaired) electrons. The summed E-state index contributed by atoms with van der Waals surface area (Å²) in [6.45, 7) is 6.21. The Bertz CT molecular complexity index is 1020. The van der Waals surface area contributed by atoms with E-state index < -0.39 is 9.84 Å². The van der Waals surface area contributed by atoms with Crippen LogP contribution in [0.5, 0.6) is 5.75 Å². The smallest absolute Gasteiger partial charge is 0.261 e. The first-order valence-electron chi connectivity index (χ1n) is 10.5. The summed E-state index contributed by atoms with van der Waals surface area (Å²) >= 11 is 0. The summed E-state index contributed by atoms with van der Waals surface area (Å²) in [6.07, 6.45) is 0.465. The van der Waals surface area contributed by atoms with Crippen LogP contribution in [0, 0.1) is 20.8 Å². The van der Waals surface area contributed by atoms with E-state index in [0.29, 0.717) is 18.7 Å². The molecular formula is C24H32N2O4S. The monoisotopic (exact) mass is 444 g/mol. The van der Waals surface area contributed by atoms with Gasteiger partial charge in [0.2, 0.25) is 0 Å². The lowest BCUT2D eigenvalue weighted by Crippen LogP contribution is -2.43. The van der Waals surface area contributed by atoms with Gasteiger partial charge in [0.05, 0.1) is 11.5 Å². The van der Waals surface area contributed by atoms with E-state index >= 15 is 0 Å². The quantitative estimate of drug-likeness (QED) is 0.656. The second-order valence-electron chi connectivity index (χ2n) is 8.66. The summed E-state index contributed by atoms with van der Waals surface area (Å²) in [5.41, 5.74) is 5.15. The third kappa shape index (κ3) is 5.79. The van der Waals surface area contributed by atoms with Crippen molar-refractivity contribution in [2.45, 2.75) is 39.8 Å². The molecule has 1 amide bonds. The Morgan fingerprint density at radius 2 is 1.68 bits per heavy atom. The average Bonchev–Trinajstić information content (AvgIpc) is 3.04.